The standard InChI is InChI=1S/C10H16N4/c1-14(8-3-2-4-8)10-9(7-11)12-5-6-13-10/h5-6,8H,2-4,7,11H2,1H3. The minimum absolute atomic E-state index is 0.459. The van der Waals surface area contributed by atoms with Crippen LogP contribution in [0.1, 0.15) is 25.0 Å². The van der Waals surface area contributed by atoms with Crippen LogP contribution in [0.25, 0.3) is 0 Å². The summed E-state index contributed by atoms with van der Waals surface area (Å²) in [7, 11) is 2.08. The molecule has 1 fully saturated rings. The average molecular weight is 192 g/mol. The SMILES string of the molecule is CN(c1nccnc1CN)C1CCC1. The highest BCUT2D eigenvalue weighted by atomic mass is 15.2. The maximum atomic E-state index is 5.62. The molecule has 4 heteroatoms. The summed E-state index contributed by atoms with van der Waals surface area (Å²) < 4.78 is 0. The molecule has 4 nitrogen and oxygen atoms in total. The van der Waals surface area contributed by atoms with Crippen molar-refractivity contribution in [2.45, 2.75) is 31.8 Å². The number of nitrogens with zero attached hydrogens (tertiary/aromatic N) is 3. The largest absolute Gasteiger partial charge is 0.355 e. The van der Waals surface area contributed by atoms with E-state index in [9.17, 15) is 0 Å². The third kappa shape index (κ3) is 1.57. The summed E-state index contributed by atoms with van der Waals surface area (Å²) in [6.45, 7) is 0.459. The van der Waals surface area contributed by atoms with E-state index in [-0.39, 0.29) is 0 Å². The van der Waals surface area contributed by atoms with E-state index in [4.69, 9.17) is 5.73 Å². The van der Waals surface area contributed by atoms with E-state index in [1.165, 1.54) is 19.3 Å². The first kappa shape index (κ1) is 9.40. The molecular formula is C10H16N4. The minimum atomic E-state index is 0.459. The number of anilines is 1. The van der Waals surface area contributed by atoms with Crippen LogP contribution in [0, 0.1) is 0 Å². The van der Waals surface area contributed by atoms with Crippen molar-refractivity contribution < 1.29 is 0 Å². The maximum Gasteiger partial charge on any atom is 0.151 e. The maximum absolute atomic E-state index is 5.62. The molecule has 0 unspecified atom stereocenters. The first-order chi connectivity index (χ1) is 6.83. The molecule has 0 bridgehead atoms. The molecule has 0 aromatic carbocycles. The van der Waals surface area contributed by atoms with E-state index < -0.39 is 0 Å². The Morgan fingerprint density at radius 1 is 1.43 bits per heavy atom. The molecule has 0 amide bonds. The second kappa shape index (κ2) is 3.92. The summed E-state index contributed by atoms with van der Waals surface area (Å²) in [5, 5.41) is 0. The lowest BCUT2D eigenvalue weighted by Gasteiger charge is -2.36. The zero-order chi connectivity index (χ0) is 9.97. The second-order valence-corrected chi connectivity index (χ2v) is 3.73. The molecule has 1 aliphatic rings. The van der Waals surface area contributed by atoms with Gasteiger partial charge in [0.05, 0.1) is 5.69 Å². The number of hydrogen-bond donors (Lipinski definition) is 1. The molecule has 2 rings (SSSR count). The lowest BCUT2D eigenvalue weighted by molar-refractivity contribution is 0.398. The Bertz CT molecular complexity index is 309. The van der Waals surface area contributed by atoms with Crippen molar-refractivity contribution in [3.05, 3.63) is 18.1 Å². The zero-order valence-corrected chi connectivity index (χ0v) is 8.48. The molecule has 0 saturated heterocycles. The Morgan fingerprint density at radius 2 is 2.14 bits per heavy atom. The van der Waals surface area contributed by atoms with Gasteiger partial charge in [-0.1, -0.05) is 0 Å². The average Bonchev–Trinajstić information content (AvgIpc) is 2.15. The Labute approximate surface area is 84.2 Å². The quantitative estimate of drug-likeness (QED) is 0.774. The van der Waals surface area contributed by atoms with Crippen LogP contribution >= 0.6 is 0 Å². The molecule has 2 N–H and O–H groups in total. The normalized spacial score (nSPS) is 16.4. The molecule has 0 atom stereocenters. The van der Waals surface area contributed by atoms with Crippen LogP contribution in [-0.2, 0) is 6.54 Å². The van der Waals surface area contributed by atoms with Crippen LogP contribution in [0.4, 0.5) is 5.82 Å². The molecule has 76 valence electrons. The fourth-order valence-corrected chi connectivity index (χ4v) is 1.75. The van der Waals surface area contributed by atoms with Gasteiger partial charge < -0.3 is 10.6 Å². The first-order valence-corrected chi connectivity index (χ1v) is 5.05. The summed E-state index contributed by atoms with van der Waals surface area (Å²) in [4.78, 5) is 10.8. The Hall–Kier alpha value is -1.16. The van der Waals surface area contributed by atoms with Crippen molar-refractivity contribution in [1.29, 1.82) is 0 Å². The molecule has 1 aliphatic carbocycles. The van der Waals surface area contributed by atoms with E-state index in [0.29, 0.717) is 12.6 Å². The second-order valence-electron chi connectivity index (χ2n) is 3.73. The van der Waals surface area contributed by atoms with E-state index >= 15 is 0 Å². The molecule has 1 saturated carbocycles. The van der Waals surface area contributed by atoms with Crippen molar-refractivity contribution >= 4 is 5.82 Å². The molecule has 0 aliphatic heterocycles. The fourth-order valence-electron chi connectivity index (χ4n) is 1.75. The predicted molar refractivity (Wildman–Crippen MR) is 56.0 cm³/mol. The molecule has 1 heterocycles. The third-order valence-electron chi connectivity index (χ3n) is 2.90. The van der Waals surface area contributed by atoms with Crippen molar-refractivity contribution in [3.8, 4) is 0 Å². The van der Waals surface area contributed by atoms with Gasteiger partial charge in [0, 0.05) is 32.0 Å². The van der Waals surface area contributed by atoms with Crippen molar-refractivity contribution in [3.63, 3.8) is 0 Å². The van der Waals surface area contributed by atoms with Gasteiger partial charge in [-0.2, -0.15) is 0 Å². The summed E-state index contributed by atoms with van der Waals surface area (Å²) >= 11 is 0. The van der Waals surface area contributed by atoms with Gasteiger partial charge in [0.1, 0.15) is 0 Å². The molecule has 0 radical (unpaired) electrons. The smallest absolute Gasteiger partial charge is 0.151 e. The number of aromatic nitrogens is 2. The Balaban J connectivity index is 2.20. The summed E-state index contributed by atoms with van der Waals surface area (Å²) in [6, 6.07) is 0.636. The predicted octanol–water partition coefficient (Wildman–Crippen LogP) is 0.924. The summed E-state index contributed by atoms with van der Waals surface area (Å²) in [6.07, 6.45) is 7.27. The van der Waals surface area contributed by atoms with E-state index in [0.717, 1.165) is 11.5 Å². The Kier molecular flexibility index (Phi) is 2.63. The number of rotatable bonds is 3. The highest BCUT2D eigenvalue weighted by Gasteiger charge is 2.24. The van der Waals surface area contributed by atoms with Crippen LogP contribution in [0.2, 0.25) is 0 Å². The van der Waals surface area contributed by atoms with Gasteiger partial charge in [-0.25, -0.2) is 4.98 Å². The van der Waals surface area contributed by atoms with Crippen LogP contribution in [-0.4, -0.2) is 23.1 Å². The topological polar surface area (TPSA) is 55.0 Å². The summed E-state index contributed by atoms with van der Waals surface area (Å²) in [5.74, 6) is 0.944. The van der Waals surface area contributed by atoms with Crippen LogP contribution in [0.5, 0.6) is 0 Å². The van der Waals surface area contributed by atoms with Crippen molar-refractivity contribution in [2.24, 2.45) is 5.73 Å². The highest BCUT2D eigenvalue weighted by Crippen LogP contribution is 2.27. The van der Waals surface area contributed by atoms with Gasteiger partial charge >= 0.3 is 0 Å². The Morgan fingerprint density at radius 3 is 2.71 bits per heavy atom. The van der Waals surface area contributed by atoms with Gasteiger partial charge in [-0.05, 0) is 19.3 Å². The number of hydrogen-bond acceptors (Lipinski definition) is 4. The molecule has 1 aromatic rings. The molecule has 1 aromatic heterocycles. The van der Waals surface area contributed by atoms with Crippen molar-refractivity contribution in [1.82, 2.24) is 9.97 Å². The van der Waals surface area contributed by atoms with Gasteiger partial charge in [0.2, 0.25) is 0 Å². The molecular weight excluding hydrogens is 176 g/mol. The summed E-state index contributed by atoms with van der Waals surface area (Å²) in [5.41, 5.74) is 6.51. The van der Waals surface area contributed by atoms with Crippen LogP contribution in [0.3, 0.4) is 0 Å². The molecule has 14 heavy (non-hydrogen) atoms. The van der Waals surface area contributed by atoms with E-state index in [1.54, 1.807) is 12.4 Å². The van der Waals surface area contributed by atoms with E-state index in [2.05, 4.69) is 21.9 Å². The lowest BCUT2D eigenvalue weighted by Crippen LogP contribution is -2.38. The van der Waals surface area contributed by atoms with Crippen LogP contribution in [0.15, 0.2) is 12.4 Å². The fraction of sp³-hybridized carbons (Fsp3) is 0.600. The van der Waals surface area contributed by atoms with Gasteiger partial charge in [-0.15, -0.1) is 0 Å². The number of nitrogens with two attached hydrogens (primary N) is 1. The van der Waals surface area contributed by atoms with E-state index in [1.807, 2.05) is 0 Å². The van der Waals surface area contributed by atoms with Gasteiger partial charge in [0.15, 0.2) is 5.82 Å². The molecule has 0 spiro atoms. The zero-order valence-electron chi connectivity index (χ0n) is 8.48. The van der Waals surface area contributed by atoms with Crippen LogP contribution < -0.4 is 10.6 Å². The van der Waals surface area contributed by atoms with Crippen molar-refractivity contribution in [2.75, 3.05) is 11.9 Å². The van der Waals surface area contributed by atoms with Gasteiger partial charge in [0.25, 0.3) is 0 Å². The minimum Gasteiger partial charge on any atom is -0.355 e. The lowest BCUT2D eigenvalue weighted by atomic mass is 9.92. The van der Waals surface area contributed by atoms with Gasteiger partial charge in [-0.3, -0.25) is 4.98 Å². The highest BCUT2D eigenvalue weighted by molar-refractivity contribution is 5.43. The first-order valence-electron chi connectivity index (χ1n) is 5.05. The monoisotopic (exact) mass is 192 g/mol. The third-order valence-corrected chi connectivity index (χ3v) is 2.90.